The van der Waals surface area contributed by atoms with Gasteiger partial charge in [0.25, 0.3) is 0 Å². The topological polar surface area (TPSA) is 82.8 Å². The Morgan fingerprint density at radius 1 is 1.10 bits per heavy atom. The fourth-order valence-corrected chi connectivity index (χ4v) is 3.68. The standard InChI is InChI=1S/C21H19F2N3O4/c1-26(30)8-6-24(7-9-26)19-11-18-15(10-17(19)23)20(27)16(21(28)29)12-25(18)14-4-2-13(22)3-5-14/h2-5,10-12,30H,6-9H2,1H3/p+1. The van der Waals surface area contributed by atoms with Crippen molar-refractivity contribution in [2.24, 2.45) is 0 Å². The second-order valence-electron chi connectivity index (χ2n) is 7.62. The minimum absolute atomic E-state index is 0.0831. The highest BCUT2D eigenvalue weighted by Gasteiger charge is 2.29. The van der Waals surface area contributed by atoms with E-state index in [-0.39, 0.29) is 15.7 Å². The summed E-state index contributed by atoms with van der Waals surface area (Å²) in [5.74, 6) is -2.55. The largest absolute Gasteiger partial charge is 0.477 e. The number of hydrogen-bond acceptors (Lipinski definition) is 4. The lowest BCUT2D eigenvalue weighted by Crippen LogP contribution is -2.55. The van der Waals surface area contributed by atoms with Crippen LogP contribution < -0.4 is 10.3 Å². The summed E-state index contributed by atoms with van der Waals surface area (Å²) in [6.07, 6.45) is 1.17. The number of hydroxylamine groups is 3. The van der Waals surface area contributed by atoms with Gasteiger partial charge in [-0.05, 0) is 36.4 Å². The molecule has 1 aromatic heterocycles. The number of carboxylic acid groups (broad SMARTS) is 1. The number of likely N-dealkylation sites (N-methyl/N-ethyl adjacent to an activating group) is 1. The number of halogens is 2. The van der Waals surface area contributed by atoms with Crippen LogP contribution in [0.25, 0.3) is 16.6 Å². The first-order chi connectivity index (χ1) is 14.2. The molecule has 2 heterocycles. The molecule has 30 heavy (non-hydrogen) atoms. The zero-order valence-electron chi connectivity index (χ0n) is 16.2. The van der Waals surface area contributed by atoms with Gasteiger partial charge in [-0.3, -0.25) is 4.79 Å². The molecule has 0 radical (unpaired) electrons. The van der Waals surface area contributed by atoms with Crippen molar-refractivity contribution in [3.8, 4) is 5.69 Å². The summed E-state index contributed by atoms with van der Waals surface area (Å²) >= 11 is 0. The van der Waals surface area contributed by atoms with Crippen molar-refractivity contribution in [3.63, 3.8) is 0 Å². The van der Waals surface area contributed by atoms with Gasteiger partial charge in [0.05, 0.1) is 31.3 Å². The smallest absolute Gasteiger partial charge is 0.341 e. The first kappa shape index (κ1) is 20.0. The fourth-order valence-electron chi connectivity index (χ4n) is 3.68. The first-order valence-electron chi connectivity index (χ1n) is 9.37. The van der Waals surface area contributed by atoms with Crippen molar-refractivity contribution in [1.82, 2.24) is 4.57 Å². The number of carbonyl (C=O) groups is 1. The van der Waals surface area contributed by atoms with Gasteiger partial charge >= 0.3 is 5.97 Å². The molecule has 0 amide bonds. The fraction of sp³-hybridized carbons (Fsp3) is 0.238. The minimum Gasteiger partial charge on any atom is -0.477 e. The molecule has 0 saturated carbocycles. The maximum Gasteiger partial charge on any atom is 0.341 e. The van der Waals surface area contributed by atoms with Crippen LogP contribution in [-0.4, -0.2) is 58.7 Å². The molecule has 0 aliphatic carbocycles. The van der Waals surface area contributed by atoms with Gasteiger partial charge < -0.3 is 14.6 Å². The van der Waals surface area contributed by atoms with Gasteiger partial charge in [-0.2, -0.15) is 4.65 Å². The number of pyridine rings is 1. The number of carboxylic acids is 1. The SMILES string of the molecule is C[N+]1(O)CCN(c2cc3c(cc2F)c(=O)c(C(=O)O)cn3-c2ccc(F)cc2)CC1. The van der Waals surface area contributed by atoms with Gasteiger partial charge in [0, 0.05) is 17.3 Å². The summed E-state index contributed by atoms with van der Waals surface area (Å²) in [4.78, 5) is 26.0. The van der Waals surface area contributed by atoms with Crippen LogP contribution in [0.15, 0.2) is 47.4 Å². The van der Waals surface area contributed by atoms with E-state index in [1.807, 2.05) is 0 Å². The van der Waals surface area contributed by atoms with Crippen LogP contribution in [0.1, 0.15) is 10.4 Å². The number of aromatic nitrogens is 1. The molecule has 0 atom stereocenters. The molecule has 0 unspecified atom stereocenters. The zero-order valence-corrected chi connectivity index (χ0v) is 16.2. The number of anilines is 1. The normalized spacial score (nSPS) is 16.1. The highest BCUT2D eigenvalue weighted by Crippen LogP contribution is 2.28. The van der Waals surface area contributed by atoms with Crippen LogP contribution in [-0.2, 0) is 0 Å². The highest BCUT2D eigenvalue weighted by atomic mass is 19.1. The van der Waals surface area contributed by atoms with E-state index in [1.54, 1.807) is 11.9 Å². The summed E-state index contributed by atoms with van der Waals surface area (Å²) in [6.45, 7) is 1.62. The summed E-state index contributed by atoms with van der Waals surface area (Å²) in [5, 5.41) is 19.4. The molecule has 1 aliphatic rings. The third kappa shape index (κ3) is 3.53. The van der Waals surface area contributed by atoms with E-state index in [9.17, 15) is 28.7 Å². The molecule has 0 spiro atoms. The predicted octanol–water partition coefficient (Wildman–Crippen LogP) is 2.62. The van der Waals surface area contributed by atoms with Gasteiger partial charge in [-0.15, -0.1) is 0 Å². The Bertz CT molecular complexity index is 1200. The molecule has 4 rings (SSSR count). The maximum atomic E-state index is 14.9. The number of nitrogens with zero attached hydrogens (tertiary/aromatic N) is 3. The molecule has 1 fully saturated rings. The molecule has 2 aromatic carbocycles. The molecule has 0 bridgehead atoms. The van der Waals surface area contributed by atoms with Crippen LogP contribution in [0.2, 0.25) is 0 Å². The Morgan fingerprint density at radius 3 is 2.33 bits per heavy atom. The molecule has 3 aromatic rings. The molecule has 7 nitrogen and oxygen atoms in total. The molecule has 2 N–H and O–H groups in total. The van der Waals surface area contributed by atoms with Crippen molar-refractivity contribution >= 4 is 22.6 Å². The second-order valence-corrected chi connectivity index (χ2v) is 7.62. The third-order valence-corrected chi connectivity index (χ3v) is 5.45. The summed E-state index contributed by atoms with van der Waals surface area (Å²) < 4.78 is 29.6. The van der Waals surface area contributed by atoms with Crippen LogP contribution in [0.4, 0.5) is 14.5 Å². The Morgan fingerprint density at radius 2 is 1.73 bits per heavy atom. The van der Waals surface area contributed by atoms with Crippen LogP contribution in [0, 0.1) is 11.6 Å². The highest BCUT2D eigenvalue weighted by molar-refractivity contribution is 5.94. The molecule has 1 aliphatic heterocycles. The number of aromatic carboxylic acids is 1. The Hall–Kier alpha value is -3.30. The third-order valence-electron chi connectivity index (χ3n) is 5.45. The van der Waals surface area contributed by atoms with Gasteiger partial charge in [0.1, 0.15) is 30.3 Å². The van der Waals surface area contributed by atoms with Crippen molar-refractivity contribution in [3.05, 3.63) is 70.0 Å². The van der Waals surface area contributed by atoms with Crippen molar-refractivity contribution in [2.45, 2.75) is 0 Å². The first-order valence-corrected chi connectivity index (χ1v) is 9.37. The van der Waals surface area contributed by atoms with E-state index in [1.165, 1.54) is 41.1 Å². The quantitative estimate of drug-likeness (QED) is 0.642. The lowest BCUT2D eigenvalue weighted by molar-refractivity contribution is -1.09. The van der Waals surface area contributed by atoms with Crippen LogP contribution in [0.5, 0.6) is 0 Å². The lowest BCUT2D eigenvalue weighted by Gasteiger charge is -2.37. The number of hydrogen-bond donors (Lipinski definition) is 2. The Balaban J connectivity index is 1.94. The van der Waals surface area contributed by atoms with Gasteiger partial charge in [0.2, 0.25) is 5.43 Å². The average Bonchev–Trinajstić information content (AvgIpc) is 2.69. The van der Waals surface area contributed by atoms with Crippen molar-refractivity contribution in [2.75, 3.05) is 38.1 Å². The van der Waals surface area contributed by atoms with Gasteiger partial charge in [-0.25, -0.2) is 18.8 Å². The second kappa shape index (κ2) is 7.19. The molecular weight excluding hydrogens is 396 g/mol. The van der Waals surface area contributed by atoms with Gasteiger partial charge in [0.15, 0.2) is 0 Å². The van der Waals surface area contributed by atoms with E-state index in [0.717, 1.165) is 6.07 Å². The number of quaternary nitrogens is 1. The molecule has 156 valence electrons. The van der Waals surface area contributed by atoms with Gasteiger partial charge in [-0.1, -0.05) is 0 Å². The van der Waals surface area contributed by atoms with Crippen LogP contribution >= 0.6 is 0 Å². The van der Waals surface area contributed by atoms with E-state index in [0.29, 0.717) is 37.4 Å². The molecular formula is C21H20F2N3O4+. The molecule has 1 saturated heterocycles. The number of piperazine rings is 1. The van der Waals surface area contributed by atoms with Crippen LogP contribution in [0.3, 0.4) is 0 Å². The number of benzene rings is 2. The zero-order chi connectivity index (χ0) is 21.6. The Labute approximate surface area is 170 Å². The summed E-state index contributed by atoms with van der Waals surface area (Å²) in [7, 11) is 1.67. The summed E-state index contributed by atoms with van der Waals surface area (Å²) in [6, 6.07) is 7.87. The summed E-state index contributed by atoms with van der Waals surface area (Å²) in [5.41, 5.74) is -0.315. The predicted molar refractivity (Wildman–Crippen MR) is 106 cm³/mol. The molecule has 9 heteroatoms. The van der Waals surface area contributed by atoms with E-state index in [4.69, 9.17) is 0 Å². The Kier molecular flexibility index (Phi) is 4.79. The lowest BCUT2D eigenvalue weighted by atomic mass is 10.1. The van der Waals surface area contributed by atoms with Crippen molar-refractivity contribution in [1.29, 1.82) is 0 Å². The number of fused-ring (bicyclic) bond motifs is 1. The maximum absolute atomic E-state index is 14.9. The van der Waals surface area contributed by atoms with E-state index < -0.39 is 28.6 Å². The van der Waals surface area contributed by atoms with E-state index in [2.05, 4.69) is 0 Å². The van der Waals surface area contributed by atoms with Crippen molar-refractivity contribution < 1.29 is 28.5 Å². The monoisotopic (exact) mass is 416 g/mol. The van der Waals surface area contributed by atoms with E-state index >= 15 is 0 Å². The average molecular weight is 416 g/mol. The number of rotatable bonds is 3. The minimum atomic E-state index is -1.43.